The van der Waals surface area contributed by atoms with Crippen molar-refractivity contribution in [3.63, 3.8) is 0 Å². The molecule has 0 bridgehead atoms. The summed E-state index contributed by atoms with van der Waals surface area (Å²) in [5, 5.41) is 21.9. The van der Waals surface area contributed by atoms with Crippen LogP contribution in [0.15, 0.2) is 53.7 Å². The van der Waals surface area contributed by atoms with Crippen molar-refractivity contribution in [2.75, 3.05) is 29.1 Å². The number of aliphatic hydroxyl groups excluding tert-OH is 1. The molecule has 186 valence electrons. The highest BCUT2D eigenvalue weighted by Crippen LogP contribution is 2.34. The summed E-state index contributed by atoms with van der Waals surface area (Å²) in [4.78, 5) is 14.5. The number of nitrogens with zero attached hydrogens (tertiary/aromatic N) is 1. The van der Waals surface area contributed by atoms with E-state index in [4.69, 9.17) is 21.6 Å². The number of nitrogen functional groups attached to an aromatic ring is 2. The summed E-state index contributed by atoms with van der Waals surface area (Å²) in [7, 11) is 0. The lowest BCUT2D eigenvalue weighted by Gasteiger charge is -2.37. The second-order valence-electron chi connectivity index (χ2n) is 8.48. The molecule has 7 N–H and O–H groups in total. The van der Waals surface area contributed by atoms with Crippen LogP contribution in [0.1, 0.15) is 30.4 Å². The Labute approximate surface area is 199 Å². The summed E-state index contributed by atoms with van der Waals surface area (Å²) in [5.74, 6) is -0.717. The minimum atomic E-state index is -4.48. The maximum atomic E-state index is 13.2. The molecule has 2 fully saturated rings. The predicted molar refractivity (Wildman–Crippen MR) is 126 cm³/mol. The highest BCUT2D eigenvalue weighted by atomic mass is 19.4. The Morgan fingerprint density at radius 3 is 2.43 bits per heavy atom. The average molecular weight is 489 g/mol. The van der Waals surface area contributed by atoms with E-state index in [9.17, 15) is 23.1 Å². The van der Waals surface area contributed by atoms with E-state index >= 15 is 0 Å². The van der Waals surface area contributed by atoms with Gasteiger partial charge in [-0.15, -0.1) is 0 Å². The van der Waals surface area contributed by atoms with Gasteiger partial charge in [-0.3, -0.25) is 10.2 Å². The predicted octanol–water partition coefficient (Wildman–Crippen LogP) is 3.21. The van der Waals surface area contributed by atoms with E-state index in [1.54, 1.807) is 18.2 Å². The molecule has 2 atom stereocenters. The number of nitrogens with two attached hydrogens (primary N) is 2. The van der Waals surface area contributed by atoms with Crippen LogP contribution >= 0.6 is 0 Å². The molecule has 1 amide bonds. The Morgan fingerprint density at radius 2 is 1.89 bits per heavy atom. The second kappa shape index (κ2) is 9.59. The first-order chi connectivity index (χ1) is 16.6. The lowest BCUT2D eigenvalue weighted by atomic mass is 9.87. The third-order valence-electron chi connectivity index (χ3n) is 6.17. The number of anilines is 3. The van der Waals surface area contributed by atoms with Gasteiger partial charge < -0.3 is 31.5 Å². The molecule has 1 aliphatic heterocycles. The maximum Gasteiger partial charge on any atom is 0.416 e. The van der Waals surface area contributed by atoms with E-state index in [1.807, 2.05) is 0 Å². The van der Waals surface area contributed by atoms with Gasteiger partial charge in [-0.1, -0.05) is 0 Å². The monoisotopic (exact) mass is 489 g/mol. The molecule has 1 heterocycles. The van der Waals surface area contributed by atoms with Gasteiger partial charge in [-0.05, 0) is 67.3 Å². The number of allylic oxidation sites excluding steroid dienone is 1. The standard InChI is InChI=1S/C24H26F3N5O3/c25-24(26,27)14-4-7-16(8-5-14)32-10-11-35-21(23(32)34)20(33)19(13-2-1-3-13)31-15-6-9-17(22(29)30)18(28)12-15/h4-9,12,20-21,31,33H,1-3,10-11,28H2,(H3,29,30). The van der Waals surface area contributed by atoms with E-state index in [0.717, 1.165) is 37.0 Å². The Kier molecular flexibility index (Phi) is 6.73. The third-order valence-corrected chi connectivity index (χ3v) is 6.17. The van der Waals surface area contributed by atoms with E-state index in [0.29, 0.717) is 22.6 Å². The quantitative estimate of drug-likeness (QED) is 0.240. The Bertz CT molecular complexity index is 1160. The molecular formula is C24H26F3N5O3. The highest BCUT2D eigenvalue weighted by Gasteiger charge is 2.39. The van der Waals surface area contributed by atoms with Crippen LogP contribution in [0.4, 0.5) is 30.2 Å². The van der Waals surface area contributed by atoms with Gasteiger partial charge in [0.1, 0.15) is 11.9 Å². The summed E-state index contributed by atoms with van der Waals surface area (Å²) in [6, 6.07) is 9.14. The van der Waals surface area contributed by atoms with Gasteiger partial charge in [-0.25, -0.2) is 0 Å². The zero-order chi connectivity index (χ0) is 25.3. The van der Waals surface area contributed by atoms with Crippen molar-refractivity contribution in [2.24, 2.45) is 5.73 Å². The van der Waals surface area contributed by atoms with Crippen molar-refractivity contribution in [1.82, 2.24) is 0 Å². The summed E-state index contributed by atoms with van der Waals surface area (Å²) < 4.78 is 44.3. The first kappa shape index (κ1) is 24.6. The van der Waals surface area contributed by atoms with Crippen LogP contribution in [0.3, 0.4) is 0 Å². The zero-order valence-electron chi connectivity index (χ0n) is 18.7. The highest BCUT2D eigenvalue weighted by molar-refractivity contribution is 6.00. The number of halogens is 3. The van der Waals surface area contributed by atoms with Crippen LogP contribution in [0, 0.1) is 5.41 Å². The smallest absolute Gasteiger partial charge is 0.398 e. The van der Waals surface area contributed by atoms with E-state index in [1.165, 1.54) is 17.0 Å². The molecule has 2 aliphatic rings. The van der Waals surface area contributed by atoms with Gasteiger partial charge in [0.25, 0.3) is 5.91 Å². The fourth-order valence-corrected chi connectivity index (χ4v) is 4.11. The molecule has 8 nitrogen and oxygen atoms in total. The molecule has 11 heteroatoms. The Balaban J connectivity index is 1.56. The van der Waals surface area contributed by atoms with Crippen LogP contribution < -0.4 is 21.7 Å². The number of carbonyl (C=O) groups is 1. The summed E-state index contributed by atoms with van der Waals surface area (Å²) in [6.45, 7) is 0.257. The number of morpholine rings is 1. The van der Waals surface area contributed by atoms with E-state index in [-0.39, 0.29) is 24.7 Å². The SMILES string of the molecule is N=C(N)c1ccc(NC(=C2CCC2)C(O)C2OCCN(c3ccc(C(F)(F)F)cc3)C2=O)cc1N. The van der Waals surface area contributed by atoms with Crippen molar-refractivity contribution in [2.45, 2.75) is 37.6 Å². The lowest BCUT2D eigenvalue weighted by Crippen LogP contribution is -2.53. The number of nitrogens with one attached hydrogen (secondary N) is 2. The summed E-state index contributed by atoms with van der Waals surface area (Å²) in [5.41, 5.74) is 13.6. The molecule has 4 rings (SSSR count). The average Bonchev–Trinajstić information content (AvgIpc) is 2.76. The first-order valence-corrected chi connectivity index (χ1v) is 11.1. The minimum absolute atomic E-state index is 0.108. The number of hydrogen-bond acceptors (Lipinski definition) is 6. The van der Waals surface area contributed by atoms with Crippen LogP contribution in [-0.4, -0.2) is 42.2 Å². The Morgan fingerprint density at radius 1 is 1.20 bits per heavy atom. The largest absolute Gasteiger partial charge is 0.416 e. The number of alkyl halides is 3. The molecule has 0 aromatic heterocycles. The molecule has 1 saturated carbocycles. The molecule has 2 aromatic rings. The second-order valence-corrected chi connectivity index (χ2v) is 8.48. The molecular weight excluding hydrogens is 463 g/mol. The number of hydrogen-bond donors (Lipinski definition) is 5. The molecule has 0 spiro atoms. The number of rotatable bonds is 6. The van der Waals surface area contributed by atoms with Crippen LogP contribution in [-0.2, 0) is 15.7 Å². The topological polar surface area (TPSA) is 138 Å². The third kappa shape index (κ3) is 5.10. The van der Waals surface area contributed by atoms with Crippen molar-refractivity contribution in [3.8, 4) is 0 Å². The van der Waals surface area contributed by atoms with Crippen molar-refractivity contribution < 1.29 is 27.8 Å². The van der Waals surface area contributed by atoms with Crippen molar-refractivity contribution >= 4 is 28.8 Å². The van der Waals surface area contributed by atoms with Crippen LogP contribution in [0.5, 0.6) is 0 Å². The lowest BCUT2D eigenvalue weighted by molar-refractivity contribution is -0.140. The Hall–Kier alpha value is -3.57. The van der Waals surface area contributed by atoms with E-state index < -0.39 is 29.9 Å². The van der Waals surface area contributed by atoms with Gasteiger partial charge in [0.2, 0.25) is 0 Å². The molecule has 0 radical (unpaired) electrons. The summed E-state index contributed by atoms with van der Waals surface area (Å²) in [6.07, 6.45) is -4.63. The number of amidine groups is 1. The van der Waals surface area contributed by atoms with Gasteiger partial charge in [0.15, 0.2) is 6.10 Å². The minimum Gasteiger partial charge on any atom is -0.398 e. The fourth-order valence-electron chi connectivity index (χ4n) is 4.11. The van der Waals surface area contributed by atoms with Crippen molar-refractivity contribution in [1.29, 1.82) is 5.41 Å². The number of amides is 1. The molecule has 35 heavy (non-hydrogen) atoms. The number of benzene rings is 2. The van der Waals surface area contributed by atoms with Gasteiger partial charge in [0, 0.05) is 34.9 Å². The summed E-state index contributed by atoms with van der Waals surface area (Å²) >= 11 is 0. The normalized spacial score (nSPS) is 19.2. The molecule has 2 aromatic carbocycles. The van der Waals surface area contributed by atoms with Gasteiger partial charge in [-0.2, -0.15) is 13.2 Å². The molecule has 1 aliphatic carbocycles. The number of aliphatic hydroxyl groups is 1. The maximum absolute atomic E-state index is 13.2. The van der Waals surface area contributed by atoms with Crippen molar-refractivity contribution in [3.05, 3.63) is 64.9 Å². The zero-order valence-corrected chi connectivity index (χ0v) is 18.7. The van der Waals surface area contributed by atoms with Crippen LogP contribution in [0.25, 0.3) is 0 Å². The first-order valence-electron chi connectivity index (χ1n) is 11.1. The fraction of sp³-hybridized carbons (Fsp3) is 0.333. The van der Waals surface area contributed by atoms with Gasteiger partial charge in [0.05, 0.1) is 12.2 Å². The van der Waals surface area contributed by atoms with E-state index in [2.05, 4.69) is 5.32 Å². The number of ether oxygens (including phenoxy) is 1. The molecule has 2 unspecified atom stereocenters. The number of carbonyl (C=O) groups excluding carboxylic acids is 1. The van der Waals surface area contributed by atoms with Gasteiger partial charge >= 0.3 is 6.18 Å². The van der Waals surface area contributed by atoms with Crippen LogP contribution in [0.2, 0.25) is 0 Å². The molecule has 1 saturated heterocycles.